The molecular weight excluding hydrogens is 296 g/mol. The van der Waals surface area contributed by atoms with Crippen LogP contribution in [0.4, 0.5) is 0 Å². The van der Waals surface area contributed by atoms with Crippen LogP contribution in [0.2, 0.25) is 0 Å². The van der Waals surface area contributed by atoms with Crippen molar-refractivity contribution in [1.29, 1.82) is 0 Å². The Kier molecular flexibility index (Phi) is 4.92. The highest BCUT2D eigenvalue weighted by atomic mass is 16.5. The Morgan fingerprint density at radius 3 is 2.26 bits per heavy atom. The Balaban J connectivity index is 1.52. The van der Waals surface area contributed by atoms with Crippen molar-refractivity contribution in [3.8, 4) is 0 Å². The number of ether oxygens (including phenoxy) is 1. The molecule has 0 aromatic heterocycles. The predicted octanol–water partition coefficient (Wildman–Crippen LogP) is 0.777. The van der Waals surface area contributed by atoms with Crippen LogP contribution in [0, 0.1) is 5.92 Å². The fourth-order valence-corrected chi connectivity index (χ4v) is 4.19. The van der Waals surface area contributed by atoms with Crippen LogP contribution < -0.4 is 0 Å². The van der Waals surface area contributed by atoms with E-state index in [9.17, 15) is 14.7 Å². The molecule has 130 valence electrons. The van der Waals surface area contributed by atoms with E-state index < -0.39 is 11.7 Å². The third kappa shape index (κ3) is 3.38. The van der Waals surface area contributed by atoms with Crippen LogP contribution in [-0.2, 0) is 14.3 Å². The number of hydrogen-bond donors (Lipinski definition) is 1. The number of carbonyl (C=O) groups is 2. The zero-order valence-corrected chi connectivity index (χ0v) is 14.0. The molecule has 1 N–H and O–H groups in total. The molecule has 0 aromatic carbocycles. The molecule has 3 rings (SSSR count). The highest BCUT2D eigenvalue weighted by molar-refractivity contribution is 5.80. The van der Waals surface area contributed by atoms with Gasteiger partial charge in [0.25, 0.3) is 0 Å². The van der Waals surface area contributed by atoms with Crippen molar-refractivity contribution >= 4 is 11.8 Å². The summed E-state index contributed by atoms with van der Waals surface area (Å²) in [6, 6.07) is 0. The summed E-state index contributed by atoms with van der Waals surface area (Å²) in [4.78, 5) is 27.8. The second-order valence-corrected chi connectivity index (χ2v) is 7.18. The van der Waals surface area contributed by atoms with Crippen molar-refractivity contribution in [1.82, 2.24) is 9.80 Å². The van der Waals surface area contributed by atoms with Crippen molar-refractivity contribution in [2.24, 2.45) is 5.92 Å². The first-order valence-electron chi connectivity index (χ1n) is 8.88. The van der Waals surface area contributed by atoms with Crippen molar-refractivity contribution in [2.45, 2.75) is 57.2 Å². The second-order valence-electron chi connectivity index (χ2n) is 7.18. The number of piperidine rings is 2. The number of carbonyl (C=O) groups excluding carboxylic acids is 2. The van der Waals surface area contributed by atoms with E-state index in [1.807, 2.05) is 9.80 Å². The Hall–Kier alpha value is -1.14. The lowest BCUT2D eigenvalue weighted by molar-refractivity contribution is -0.181. The summed E-state index contributed by atoms with van der Waals surface area (Å²) in [6.45, 7) is 5.01. The SMILES string of the molecule is CC(=O)N1CCC(C(=O)N2CCC3(CC2)OCCC[C@H]3O)CC1. The van der Waals surface area contributed by atoms with Gasteiger partial charge < -0.3 is 19.6 Å². The van der Waals surface area contributed by atoms with E-state index in [-0.39, 0.29) is 17.7 Å². The van der Waals surface area contributed by atoms with Crippen LogP contribution in [0.1, 0.15) is 45.4 Å². The topological polar surface area (TPSA) is 70.1 Å². The summed E-state index contributed by atoms with van der Waals surface area (Å²) >= 11 is 0. The average Bonchev–Trinajstić information content (AvgIpc) is 2.58. The van der Waals surface area contributed by atoms with Gasteiger partial charge in [-0.1, -0.05) is 0 Å². The Bertz CT molecular complexity index is 452. The first-order valence-corrected chi connectivity index (χ1v) is 8.88. The molecule has 6 nitrogen and oxygen atoms in total. The average molecular weight is 324 g/mol. The molecule has 3 aliphatic heterocycles. The van der Waals surface area contributed by atoms with Crippen LogP contribution in [0.15, 0.2) is 0 Å². The Labute approximate surface area is 137 Å². The molecule has 0 bridgehead atoms. The molecule has 6 heteroatoms. The Morgan fingerprint density at radius 1 is 1.04 bits per heavy atom. The van der Waals surface area contributed by atoms with Crippen LogP contribution in [-0.4, -0.2) is 71.2 Å². The molecule has 0 saturated carbocycles. The molecular formula is C17H28N2O4. The van der Waals surface area contributed by atoms with Crippen LogP contribution in [0.5, 0.6) is 0 Å². The number of nitrogens with zero attached hydrogens (tertiary/aromatic N) is 2. The molecule has 0 aromatic rings. The summed E-state index contributed by atoms with van der Waals surface area (Å²) in [5, 5.41) is 10.3. The molecule has 3 aliphatic rings. The fraction of sp³-hybridized carbons (Fsp3) is 0.882. The molecule has 3 heterocycles. The number of amides is 2. The lowest BCUT2D eigenvalue weighted by Crippen LogP contribution is -2.57. The van der Waals surface area contributed by atoms with E-state index in [0.29, 0.717) is 32.8 Å². The number of aliphatic hydroxyl groups is 1. The minimum atomic E-state index is -0.424. The van der Waals surface area contributed by atoms with Crippen LogP contribution >= 0.6 is 0 Å². The number of likely N-dealkylation sites (tertiary alicyclic amines) is 2. The first-order chi connectivity index (χ1) is 11.0. The summed E-state index contributed by atoms with van der Waals surface area (Å²) in [6.07, 6.45) is 4.31. The predicted molar refractivity (Wildman–Crippen MR) is 84.7 cm³/mol. The van der Waals surface area contributed by atoms with Crippen molar-refractivity contribution in [3.63, 3.8) is 0 Å². The number of aliphatic hydroxyl groups excluding tert-OH is 1. The normalized spacial score (nSPS) is 28.9. The molecule has 0 radical (unpaired) electrons. The van der Waals surface area contributed by atoms with E-state index in [0.717, 1.165) is 38.5 Å². The third-order valence-corrected chi connectivity index (χ3v) is 5.83. The van der Waals surface area contributed by atoms with Crippen LogP contribution in [0.25, 0.3) is 0 Å². The van der Waals surface area contributed by atoms with E-state index in [1.54, 1.807) is 6.92 Å². The van der Waals surface area contributed by atoms with Crippen molar-refractivity contribution in [3.05, 3.63) is 0 Å². The zero-order chi connectivity index (χ0) is 16.4. The van der Waals surface area contributed by atoms with Gasteiger partial charge in [0, 0.05) is 45.6 Å². The van der Waals surface area contributed by atoms with Gasteiger partial charge in [-0.15, -0.1) is 0 Å². The van der Waals surface area contributed by atoms with Crippen molar-refractivity contribution < 1.29 is 19.4 Å². The van der Waals surface area contributed by atoms with E-state index in [2.05, 4.69) is 0 Å². The zero-order valence-electron chi connectivity index (χ0n) is 14.0. The quantitative estimate of drug-likeness (QED) is 0.774. The van der Waals surface area contributed by atoms with Crippen molar-refractivity contribution in [2.75, 3.05) is 32.8 Å². The summed E-state index contributed by atoms with van der Waals surface area (Å²) in [7, 11) is 0. The lowest BCUT2D eigenvalue weighted by Gasteiger charge is -2.47. The molecule has 23 heavy (non-hydrogen) atoms. The monoisotopic (exact) mass is 324 g/mol. The highest BCUT2D eigenvalue weighted by Gasteiger charge is 2.45. The smallest absolute Gasteiger partial charge is 0.225 e. The largest absolute Gasteiger partial charge is 0.390 e. The lowest BCUT2D eigenvalue weighted by atomic mass is 9.81. The number of rotatable bonds is 1. The van der Waals surface area contributed by atoms with Gasteiger partial charge in [-0.05, 0) is 38.5 Å². The first kappa shape index (κ1) is 16.7. The van der Waals surface area contributed by atoms with Gasteiger partial charge in [-0.3, -0.25) is 9.59 Å². The van der Waals surface area contributed by atoms with Gasteiger partial charge in [0.15, 0.2) is 0 Å². The van der Waals surface area contributed by atoms with E-state index in [1.165, 1.54) is 0 Å². The Morgan fingerprint density at radius 2 is 1.70 bits per heavy atom. The fourth-order valence-electron chi connectivity index (χ4n) is 4.19. The molecule has 3 saturated heterocycles. The van der Waals surface area contributed by atoms with E-state index >= 15 is 0 Å². The highest BCUT2D eigenvalue weighted by Crippen LogP contribution is 2.36. The summed E-state index contributed by atoms with van der Waals surface area (Å²) in [5.74, 6) is 0.351. The van der Waals surface area contributed by atoms with Crippen LogP contribution in [0.3, 0.4) is 0 Å². The molecule has 0 unspecified atom stereocenters. The minimum Gasteiger partial charge on any atom is -0.390 e. The molecule has 2 amide bonds. The maximum Gasteiger partial charge on any atom is 0.225 e. The second kappa shape index (κ2) is 6.77. The molecule has 0 aliphatic carbocycles. The number of hydrogen-bond acceptors (Lipinski definition) is 4. The van der Waals surface area contributed by atoms with Gasteiger partial charge in [0.1, 0.15) is 0 Å². The van der Waals surface area contributed by atoms with E-state index in [4.69, 9.17) is 4.74 Å². The maximum atomic E-state index is 12.7. The standard InChI is InChI=1S/C17H28N2O4/c1-13(20)18-8-4-14(5-9-18)16(22)19-10-6-17(7-11-19)15(21)3-2-12-23-17/h14-15,21H,2-12H2,1H3/t15-/m1/s1. The molecule has 3 fully saturated rings. The van der Waals surface area contributed by atoms with Gasteiger partial charge in [0.2, 0.25) is 11.8 Å². The van der Waals surface area contributed by atoms with Gasteiger partial charge >= 0.3 is 0 Å². The maximum absolute atomic E-state index is 12.7. The third-order valence-electron chi connectivity index (χ3n) is 5.83. The van der Waals surface area contributed by atoms with Gasteiger partial charge in [-0.2, -0.15) is 0 Å². The minimum absolute atomic E-state index is 0.0387. The summed E-state index contributed by atoms with van der Waals surface area (Å²) in [5.41, 5.74) is -0.424. The molecule has 1 atom stereocenters. The van der Waals surface area contributed by atoms with Gasteiger partial charge in [-0.25, -0.2) is 0 Å². The summed E-state index contributed by atoms with van der Waals surface area (Å²) < 4.78 is 5.90. The van der Waals surface area contributed by atoms with Gasteiger partial charge in [0.05, 0.1) is 11.7 Å². The molecule has 1 spiro atoms.